The predicted molar refractivity (Wildman–Crippen MR) is 83.0 cm³/mol. The van der Waals surface area contributed by atoms with Gasteiger partial charge in [0.2, 0.25) is 0 Å². The normalized spacial score (nSPS) is 14.0. The topological polar surface area (TPSA) is 76.1 Å². The van der Waals surface area contributed by atoms with Gasteiger partial charge in [0, 0.05) is 17.8 Å². The molecule has 0 aliphatic carbocycles. The number of aliphatic hydroxyl groups is 1. The number of halogens is 3. The van der Waals surface area contributed by atoms with Crippen LogP contribution in [0.25, 0.3) is 0 Å². The van der Waals surface area contributed by atoms with E-state index in [9.17, 15) is 27.9 Å². The van der Waals surface area contributed by atoms with Crippen molar-refractivity contribution in [3.05, 3.63) is 29.8 Å². The lowest BCUT2D eigenvalue weighted by atomic mass is 9.93. The second kappa shape index (κ2) is 7.73. The number of ether oxygens (including phenoxy) is 2. The van der Waals surface area contributed by atoms with Crippen molar-refractivity contribution >= 4 is 17.7 Å². The number of methoxy groups -OCH3 is 1. The van der Waals surface area contributed by atoms with E-state index in [4.69, 9.17) is 4.74 Å². The molecule has 25 heavy (non-hydrogen) atoms. The summed E-state index contributed by atoms with van der Waals surface area (Å²) in [7, 11) is 0.744. The van der Waals surface area contributed by atoms with Gasteiger partial charge in [-0.15, -0.1) is 0 Å². The number of carbonyl (C=O) groups excluding carboxylic acids is 2. The molecule has 1 amide bonds. The SMILES string of the molecule is CCN(C(=O)OC(C)C)c1ccc([C@](O)(C(=O)OC)C(F)(F)F)cc1. The first kappa shape index (κ1) is 20.8. The van der Waals surface area contributed by atoms with E-state index in [-0.39, 0.29) is 18.3 Å². The summed E-state index contributed by atoms with van der Waals surface area (Å²) < 4.78 is 48.7. The zero-order chi connectivity index (χ0) is 19.4. The number of nitrogens with zero attached hydrogens (tertiary/aromatic N) is 1. The van der Waals surface area contributed by atoms with Gasteiger partial charge in [-0.25, -0.2) is 9.59 Å². The summed E-state index contributed by atoms with van der Waals surface area (Å²) in [4.78, 5) is 24.7. The molecule has 1 N–H and O–H groups in total. The van der Waals surface area contributed by atoms with Crippen LogP contribution in [-0.4, -0.2) is 43.1 Å². The second-order valence-corrected chi connectivity index (χ2v) is 5.42. The lowest BCUT2D eigenvalue weighted by Gasteiger charge is -2.28. The van der Waals surface area contributed by atoms with E-state index in [1.165, 1.54) is 17.0 Å². The van der Waals surface area contributed by atoms with Crippen molar-refractivity contribution in [2.75, 3.05) is 18.6 Å². The fraction of sp³-hybridized carbons (Fsp3) is 0.500. The highest BCUT2D eigenvalue weighted by atomic mass is 19.4. The average molecular weight is 363 g/mol. The Bertz CT molecular complexity index is 615. The summed E-state index contributed by atoms with van der Waals surface area (Å²) in [5.41, 5.74) is -4.26. The molecular formula is C16H20F3NO5. The summed E-state index contributed by atoms with van der Waals surface area (Å²) in [6.45, 7) is 5.20. The highest BCUT2D eigenvalue weighted by Gasteiger charge is 2.62. The number of esters is 1. The van der Waals surface area contributed by atoms with Gasteiger partial charge in [0.25, 0.3) is 5.60 Å². The van der Waals surface area contributed by atoms with E-state index in [2.05, 4.69) is 4.74 Å². The zero-order valence-corrected chi connectivity index (χ0v) is 14.3. The minimum atomic E-state index is -5.28. The van der Waals surface area contributed by atoms with Gasteiger partial charge in [-0.3, -0.25) is 4.90 Å². The molecule has 0 aliphatic heterocycles. The Morgan fingerprint density at radius 2 is 1.72 bits per heavy atom. The molecule has 1 aromatic carbocycles. The molecule has 0 radical (unpaired) electrons. The van der Waals surface area contributed by atoms with Gasteiger partial charge in [-0.2, -0.15) is 13.2 Å². The summed E-state index contributed by atoms with van der Waals surface area (Å²) in [5.74, 6) is -1.85. The molecular weight excluding hydrogens is 343 g/mol. The van der Waals surface area contributed by atoms with Crippen LogP contribution in [0.2, 0.25) is 0 Å². The van der Waals surface area contributed by atoms with Crippen LogP contribution >= 0.6 is 0 Å². The molecule has 0 heterocycles. The van der Waals surface area contributed by atoms with Crippen molar-refractivity contribution in [3.8, 4) is 0 Å². The third-order valence-electron chi connectivity index (χ3n) is 3.36. The van der Waals surface area contributed by atoms with E-state index in [0.717, 1.165) is 19.2 Å². The molecule has 1 aromatic rings. The third-order valence-corrected chi connectivity index (χ3v) is 3.36. The van der Waals surface area contributed by atoms with Crippen molar-refractivity contribution in [1.82, 2.24) is 0 Å². The van der Waals surface area contributed by atoms with Crippen molar-refractivity contribution in [1.29, 1.82) is 0 Å². The molecule has 140 valence electrons. The molecule has 0 fully saturated rings. The molecule has 9 heteroatoms. The first-order valence-corrected chi connectivity index (χ1v) is 7.45. The number of hydrogen-bond acceptors (Lipinski definition) is 5. The van der Waals surface area contributed by atoms with Crippen LogP contribution in [0.5, 0.6) is 0 Å². The lowest BCUT2D eigenvalue weighted by molar-refractivity contribution is -0.266. The van der Waals surface area contributed by atoms with Gasteiger partial charge < -0.3 is 14.6 Å². The van der Waals surface area contributed by atoms with Crippen LogP contribution in [0, 0.1) is 0 Å². The van der Waals surface area contributed by atoms with Gasteiger partial charge in [0.15, 0.2) is 0 Å². The number of alkyl halides is 3. The van der Waals surface area contributed by atoms with E-state index < -0.39 is 29.4 Å². The quantitative estimate of drug-likeness (QED) is 0.814. The number of benzene rings is 1. The number of hydrogen-bond donors (Lipinski definition) is 1. The van der Waals surface area contributed by atoms with Crippen LogP contribution in [0.3, 0.4) is 0 Å². The Morgan fingerprint density at radius 1 is 1.20 bits per heavy atom. The Balaban J connectivity index is 3.23. The minimum Gasteiger partial charge on any atom is -0.466 e. The summed E-state index contributed by atoms with van der Waals surface area (Å²) in [5, 5.41) is 9.90. The molecule has 0 aromatic heterocycles. The second-order valence-electron chi connectivity index (χ2n) is 5.42. The Kier molecular flexibility index (Phi) is 6.42. The minimum absolute atomic E-state index is 0.214. The smallest absolute Gasteiger partial charge is 0.432 e. The maximum atomic E-state index is 13.2. The zero-order valence-electron chi connectivity index (χ0n) is 14.3. The highest BCUT2D eigenvalue weighted by Crippen LogP contribution is 2.40. The van der Waals surface area contributed by atoms with Crippen molar-refractivity contribution in [2.24, 2.45) is 0 Å². The molecule has 0 unspecified atom stereocenters. The number of anilines is 1. The molecule has 0 saturated heterocycles. The maximum Gasteiger partial charge on any atom is 0.432 e. The summed E-state index contributed by atoms with van der Waals surface area (Å²) in [6.07, 6.45) is -6.30. The maximum absolute atomic E-state index is 13.2. The fourth-order valence-corrected chi connectivity index (χ4v) is 2.11. The van der Waals surface area contributed by atoms with Crippen LogP contribution < -0.4 is 4.90 Å². The van der Waals surface area contributed by atoms with E-state index in [0.29, 0.717) is 0 Å². The van der Waals surface area contributed by atoms with Gasteiger partial charge >= 0.3 is 18.2 Å². The van der Waals surface area contributed by atoms with E-state index >= 15 is 0 Å². The highest BCUT2D eigenvalue weighted by molar-refractivity contribution is 5.88. The first-order valence-electron chi connectivity index (χ1n) is 7.45. The average Bonchev–Trinajstić information content (AvgIpc) is 2.52. The van der Waals surface area contributed by atoms with E-state index in [1.807, 2.05) is 0 Å². The first-order chi connectivity index (χ1) is 11.5. The van der Waals surface area contributed by atoms with Gasteiger partial charge in [-0.05, 0) is 32.9 Å². The summed E-state index contributed by atoms with van der Waals surface area (Å²) >= 11 is 0. The molecule has 6 nitrogen and oxygen atoms in total. The molecule has 0 aliphatic rings. The molecule has 1 atom stereocenters. The number of carbonyl (C=O) groups is 2. The van der Waals surface area contributed by atoms with Gasteiger partial charge in [-0.1, -0.05) is 12.1 Å². The van der Waals surface area contributed by atoms with Gasteiger partial charge in [0.1, 0.15) is 0 Å². The van der Waals surface area contributed by atoms with Crippen molar-refractivity contribution in [3.63, 3.8) is 0 Å². The predicted octanol–water partition coefficient (Wildman–Crippen LogP) is 2.98. The molecule has 0 saturated carbocycles. The van der Waals surface area contributed by atoms with Crippen LogP contribution in [-0.2, 0) is 19.9 Å². The molecule has 0 bridgehead atoms. The largest absolute Gasteiger partial charge is 0.466 e. The molecule has 1 rings (SSSR count). The standard InChI is InChI=1S/C16H20F3NO5/c1-5-20(14(22)25-10(2)3)12-8-6-11(7-9-12)15(23,13(21)24-4)16(17,18)19/h6-10,23H,5H2,1-4H3/t15-/m0/s1. The van der Waals surface area contributed by atoms with Crippen LogP contribution in [0.15, 0.2) is 24.3 Å². The Labute approximate surface area is 143 Å². The van der Waals surface area contributed by atoms with E-state index in [1.54, 1.807) is 20.8 Å². The van der Waals surface area contributed by atoms with Crippen LogP contribution in [0.4, 0.5) is 23.7 Å². The van der Waals surface area contributed by atoms with Crippen LogP contribution in [0.1, 0.15) is 26.3 Å². The number of amides is 1. The third kappa shape index (κ3) is 4.22. The molecule has 0 spiro atoms. The monoisotopic (exact) mass is 363 g/mol. The summed E-state index contributed by atoms with van der Waals surface area (Å²) in [6, 6.07) is 4.18. The van der Waals surface area contributed by atoms with Crippen molar-refractivity contribution in [2.45, 2.75) is 38.7 Å². The van der Waals surface area contributed by atoms with Gasteiger partial charge in [0.05, 0.1) is 13.2 Å². The Hall–Kier alpha value is -2.29. The fourth-order valence-electron chi connectivity index (χ4n) is 2.11. The number of rotatable bonds is 5. The van der Waals surface area contributed by atoms with Crippen molar-refractivity contribution < 1.29 is 37.3 Å². The Morgan fingerprint density at radius 3 is 2.08 bits per heavy atom. The lowest BCUT2D eigenvalue weighted by Crippen LogP contribution is -2.49.